The first-order valence-corrected chi connectivity index (χ1v) is 23.4. The van der Waals surface area contributed by atoms with Gasteiger partial charge in [-0.25, -0.2) is 0 Å². The van der Waals surface area contributed by atoms with Crippen molar-refractivity contribution in [1.29, 1.82) is 0 Å². The molecule has 6 heteroatoms. The quantitative estimate of drug-likeness (QED) is 0.136. The number of benzene rings is 3. The van der Waals surface area contributed by atoms with E-state index in [4.69, 9.17) is 0 Å². The molecule has 3 aromatic carbocycles. The highest BCUT2D eigenvalue weighted by atomic mass is 15.0. The molecule has 3 aromatic rings. The van der Waals surface area contributed by atoms with E-state index in [9.17, 15) is 0 Å². The molecule has 7 aliphatic rings. The molecule has 318 valence electrons. The van der Waals surface area contributed by atoms with Gasteiger partial charge in [-0.05, 0) is 71.9 Å². The highest BCUT2D eigenvalue weighted by molar-refractivity contribution is 5.58. The number of hydrogen-bond acceptors (Lipinski definition) is 6. The van der Waals surface area contributed by atoms with Crippen LogP contribution in [0.25, 0.3) is 36.5 Å². The first-order valence-electron chi connectivity index (χ1n) is 23.4. The van der Waals surface area contributed by atoms with Crippen molar-refractivity contribution < 1.29 is 0 Å². The smallest absolute Gasteiger partial charge is 0.0224 e. The molecular formula is C54H72N6. The SMILES string of the molecule is C1=Cc2ccc(cc2)C=CCN[C@@H]2CCCC[C@H]2NCC=Cc2ccc(cc2)C=CCN[C@@H]2CCCC[C@H]2NCC=Cc2ccc(cc2)C=CCN[C@@H]2CCCC[C@H]2NC1. The summed E-state index contributed by atoms with van der Waals surface area (Å²) in [6.07, 6.45) is 42.4. The average molecular weight is 805 g/mol. The zero-order valence-electron chi connectivity index (χ0n) is 36.0. The molecule has 3 saturated carbocycles. The Balaban J connectivity index is 0.953. The normalized spacial score (nSPS) is 27.0. The van der Waals surface area contributed by atoms with Crippen LogP contribution in [0.1, 0.15) is 110 Å². The van der Waals surface area contributed by atoms with Crippen molar-refractivity contribution in [2.45, 2.75) is 113 Å². The average Bonchev–Trinajstić information content (AvgIpc) is 3.29. The zero-order valence-corrected chi connectivity index (χ0v) is 36.0. The molecule has 3 aliphatic carbocycles. The van der Waals surface area contributed by atoms with Gasteiger partial charge in [0.2, 0.25) is 0 Å². The van der Waals surface area contributed by atoms with E-state index in [0.717, 1.165) is 39.3 Å². The monoisotopic (exact) mass is 805 g/mol. The maximum Gasteiger partial charge on any atom is 0.0224 e. The van der Waals surface area contributed by atoms with E-state index in [1.165, 1.54) is 110 Å². The Bertz CT molecular complexity index is 1500. The third-order valence-corrected chi connectivity index (χ3v) is 13.0. The van der Waals surface area contributed by atoms with Gasteiger partial charge in [0.25, 0.3) is 0 Å². The first-order chi connectivity index (χ1) is 29.7. The molecule has 0 radical (unpaired) electrons. The summed E-state index contributed by atoms with van der Waals surface area (Å²) in [4.78, 5) is 0. The van der Waals surface area contributed by atoms with Crippen LogP contribution < -0.4 is 31.9 Å². The van der Waals surface area contributed by atoms with E-state index in [1.807, 2.05) is 0 Å². The number of nitrogens with one attached hydrogen (secondary N) is 6. The molecule has 10 rings (SSSR count). The van der Waals surface area contributed by atoms with Gasteiger partial charge in [0.15, 0.2) is 0 Å². The molecule has 0 saturated heterocycles. The molecule has 6 N–H and O–H groups in total. The van der Waals surface area contributed by atoms with Crippen LogP contribution in [0.15, 0.2) is 109 Å². The van der Waals surface area contributed by atoms with Crippen molar-refractivity contribution in [3.05, 3.63) is 143 Å². The van der Waals surface area contributed by atoms with Gasteiger partial charge in [0.1, 0.15) is 0 Å². The Labute approximate surface area is 362 Å². The van der Waals surface area contributed by atoms with Gasteiger partial charge in [-0.15, -0.1) is 0 Å². The molecule has 6 bridgehead atoms. The molecule has 0 amide bonds. The summed E-state index contributed by atoms with van der Waals surface area (Å²) >= 11 is 0. The molecular weight excluding hydrogens is 733 g/mol. The van der Waals surface area contributed by atoms with Crippen LogP contribution in [-0.4, -0.2) is 75.5 Å². The standard InChI is InChI=1S/C54H72N6/c1-2-20-50-49(19-1)55-37-7-13-43-25-27-45(28-26-43)15-9-39-57-51-21-3-4-22-52(51)59-41-11-17-47-33-35-48(36-34-47)18-12-42-60-54-24-6-5-23-53(54)58-40-10-16-46-31-29-44(30-32-46)14-8-38-56-50/h7-18,25-36,49-60H,1-6,19-24,37-42H2/t49-,50-,51-,52-,53-,54-/m1/s1. The van der Waals surface area contributed by atoms with Gasteiger partial charge in [-0.3, -0.25) is 0 Å². The molecule has 0 spiro atoms. The van der Waals surface area contributed by atoms with Crippen molar-refractivity contribution in [1.82, 2.24) is 31.9 Å². The molecule has 60 heavy (non-hydrogen) atoms. The molecule has 4 aliphatic heterocycles. The molecule has 3 fully saturated rings. The fourth-order valence-corrected chi connectivity index (χ4v) is 9.50. The first kappa shape index (κ1) is 43.9. The molecule has 4 heterocycles. The molecule has 0 unspecified atom stereocenters. The summed E-state index contributed by atoms with van der Waals surface area (Å²) in [6, 6.07) is 29.8. The predicted octanol–water partition coefficient (Wildman–Crippen LogP) is 9.65. The van der Waals surface area contributed by atoms with Crippen molar-refractivity contribution in [2.75, 3.05) is 39.3 Å². The second kappa shape index (κ2) is 25.0. The van der Waals surface area contributed by atoms with Gasteiger partial charge in [0.05, 0.1) is 0 Å². The third-order valence-electron chi connectivity index (χ3n) is 13.0. The maximum absolute atomic E-state index is 3.84. The number of rotatable bonds is 0. The molecule has 6 nitrogen and oxygen atoms in total. The van der Waals surface area contributed by atoms with E-state index in [1.54, 1.807) is 0 Å². The summed E-state index contributed by atoms with van der Waals surface area (Å²) in [5.74, 6) is 0. The van der Waals surface area contributed by atoms with E-state index in [2.05, 4.69) is 178 Å². The Kier molecular flexibility index (Phi) is 18.3. The Hall–Kier alpha value is -4.14. The second-order valence-electron chi connectivity index (χ2n) is 17.4. The molecule has 6 atom stereocenters. The van der Waals surface area contributed by atoms with Crippen molar-refractivity contribution in [2.24, 2.45) is 0 Å². The minimum absolute atomic E-state index is 0.505. The van der Waals surface area contributed by atoms with Crippen LogP contribution in [0, 0.1) is 0 Å². The van der Waals surface area contributed by atoms with Crippen molar-refractivity contribution >= 4 is 36.5 Å². The number of hydrogen-bond donors (Lipinski definition) is 6. The van der Waals surface area contributed by atoms with Gasteiger partial charge in [0, 0.05) is 75.5 Å². The maximum atomic E-state index is 3.84. The van der Waals surface area contributed by atoms with Gasteiger partial charge in [-0.2, -0.15) is 0 Å². The van der Waals surface area contributed by atoms with E-state index < -0.39 is 0 Å². The Morgan fingerprint density at radius 2 is 0.383 bits per heavy atom. The summed E-state index contributed by atoms with van der Waals surface area (Å²) in [5.41, 5.74) is 7.48. The van der Waals surface area contributed by atoms with Crippen LogP contribution >= 0.6 is 0 Å². The zero-order chi connectivity index (χ0) is 40.9. The Morgan fingerprint density at radius 3 is 0.533 bits per heavy atom. The van der Waals surface area contributed by atoms with Crippen LogP contribution in [0.4, 0.5) is 0 Å². The molecule has 0 aromatic heterocycles. The topological polar surface area (TPSA) is 72.2 Å². The van der Waals surface area contributed by atoms with Crippen LogP contribution in [-0.2, 0) is 0 Å². The largest absolute Gasteiger partial charge is 0.309 e. The number of fused-ring (bicyclic) bond motifs is 3. The minimum atomic E-state index is 0.505. The summed E-state index contributed by atoms with van der Waals surface area (Å²) < 4.78 is 0. The lowest BCUT2D eigenvalue weighted by Gasteiger charge is -2.32. The summed E-state index contributed by atoms with van der Waals surface area (Å²) in [7, 11) is 0. The predicted molar refractivity (Wildman–Crippen MR) is 260 cm³/mol. The van der Waals surface area contributed by atoms with E-state index in [0.29, 0.717) is 36.3 Å². The lowest BCUT2D eigenvalue weighted by Crippen LogP contribution is -2.49. The lowest BCUT2D eigenvalue weighted by molar-refractivity contribution is 0.297. The van der Waals surface area contributed by atoms with Gasteiger partial charge < -0.3 is 31.9 Å². The second-order valence-corrected chi connectivity index (χ2v) is 17.4. The van der Waals surface area contributed by atoms with Crippen LogP contribution in [0.3, 0.4) is 0 Å². The minimum Gasteiger partial charge on any atom is -0.309 e. The van der Waals surface area contributed by atoms with Crippen molar-refractivity contribution in [3.63, 3.8) is 0 Å². The van der Waals surface area contributed by atoms with Crippen LogP contribution in [0.2, 0.25) is 0 Å². The van der Waals surface area contributed by atoms with Gasteiger partial charge >= 0.3 is 0 Å². The van der Waals surface area contributed by atoms with E-state index >= 15 is 0 Å². The fraction of sp³-hybridized carbons (Fsp3) is 0.444. The summed E-state index contributed by atoms with van der Waals surface area (Å²) in [6.45, 7) is 5.33. The lowest BCUT2D eigenvalue weighted by atomic mass is 9.90. The highest BCUT2D eigenvalue weighted by Gasteiger charge is 2.25. The third kappa shape index (κ3) is 14.8. The fourth-order valence-electron chi connectivity index (χ4n) is 9.50. The summed E-state index contributed by atoms with van der Waals surface area (Å²) in [5, 5.41) is 23.0. The van der Waals surface area contributed by atoms with Crippen molar-refractivity contribution in [3.8, 4) is 0 Å². The van der Waals surface area contributed by atoms with Gasteiger partial charge in [-0.1, -0.05) is 184 Å². The van der Waals surface area contributed by atoms with E-state index in [-0.39, 0.29) is 0 Å². The Morgan fingerprint density at radius 1 is 0.233 bits per heavy atom. The van der Waals surface area contributed by atoms with Crippen LogP contribution in [0.5, 0.6) is 0 Å². The highest BCUT2D eigenvalue weighted by Crippen LogP contribution is 2.21.